The first-order chi connectivity index (χ1) is 16.4. The number of hydrogen-bond acceptors (Lipinski definition) is 4. The van der Waals surface area contributed by atoms with Crippen LogP contribution in [0.25, 0.3) is 0 Å². The first kappa shape index (κ1) is 28.9. The van der Waals surface area contributed by atoms with Gasteiger partial charge in [0.15, 0.2) is 0 Å². The molecule has 7 nitrogen and oxygen atoms in total. The van der Waals surface area contributed by atoms with Crippen LogP contribution in [0.15, 0.2) is 42.5 Å². The first-order valence-corrected chi connectivity index (χ1v) is 13.7. The van der Waals surface area contributed by atoms with Crippen molar-refractivity contribution in [1.29, 1.82) is 0 Å². The summed E-state index contributed by atoms with van der Waals surface area (Å²) >= 11 is 12.3. The summed E-state index contributed by atoms with van der Waals surface area (Å²) in [7, 11) is -3.95. The van der Waals surface area contributed by atoms with Gasteiger partial charge in [0.25, 0.3) is 0 Å². The average molecular weight is 546 g/mol. The molecule has 0 spiro atoms. The number of carbonyl (C=O) groups excluding carboxylic acids is 2. The molecule has 0 saturated heterocycles. The van der Waals surface area contributed by atoms with Crippen molar-refractivity contribution in [1.82, 2.24) is 10.2 Å². The largest absolute Gasteiger partial charge is 0.352 e. The van der Waals surface area contributed by atoms with Crippen molar-refractivity contribution in [3.63, 3.8) is 0 Å². The van der Waals surface area contributed by atoms with Crippen molar-refractivity contribution in [2.45, 2.75) is 52.2 Å². The minimum Gasteiger partial charge on any atom is -0.352 e. The maximum absolute atomic E-state index is 13.6. The van der Waals surface area contributed by atoms with E-state index in [9.17, 15) is 22.4 Å². The van der Waals surface area contributed by atoms with Crippen LogP contribution in [0.4, 0.5) is 10.1 Å². The zero-order valence-electron chi connectivity index (χ0n) is 20.1. The third kappa shape index (κ3) is 7.81. The quantitative estimate of drug-likeness (QED) is 0.446. The fourth-order valence-electron chi connectivity index (χ4n) is 3.43. The van der Waals surface area contributed by atoms with Crippen LogP contribution < -0.4 is 9.62 Å². The van der Waals surface area contributed by atoms with Gasteiger partial charge in [-0.3, -0.25) is 13.9 Å². The van der Waals surface area contributed by atoms with Crippen molar-refractivity contribution in [2.24, 2.45) is 0 Å². The summed E-state index contributed by atoms with van der Waals surface area (Å²) in [6, 6.07) is 9.02. The highest BCUT2D eigenvalue weighted by Gasteiger charge is 2.32. The zero-order chi connectivity index (χ0) is 26.3. The van der Waals surface area contributed by atoms with E-state index in [1.807, 2.05) is 13.8 Å². The monoisotopic (exact) mass is 545 g/mol. The molecule has 0 unspecified atom stereocenters. The Morgan fingerprint density at radius 1 is 1.06 bits per heavy atom. The van der Waals surface area contributed by atoms with E-state index in [1.165, 1.54) is 47.4 Å². The van der Waals surface area contributed by atoms with Crippen LogP contribution in [0.3, 0.4) is 0 Å². The molecule has 2 aromatic carbocycles. The van der Waals surface area contributed by atoms with Gasteiger partial charge in [0.05, 0.1) is 22.0 Å². The Morgan fingerprint density at radius 2 is 1.69 bits per heavy atom. The summed E-state index contributed by atoms with van der Waals surface area (Å²) in [6.07, 6.45) is 1.93. The summed E-state index contributed by atoms with van der Waals surface area (Å²) in [4.78, 5) is 27.9. The molecule has 0 bridgehead atoms. The van der Waals surface area contributed by atoms with Gasteiger partial charge in [0, 0.05) is 12.6 Å². The molecule has 0 aliphatic rings. The molecule has 2 rings (SSSR count). The second-order valence-electron chi connectivity index (χ2n) is 8.23. The third-order valence-electron chi connectivity index (χ3n) is 5.53. The predicted octanol–water partition coefficient (Wildman–Crippen LogP) is 4.62. The molecule has 0 saturated carbocycles. The number of amides is 2. The minimum absolute atomic E-state index is 0.0148. The molecule has 0 fully saturated rings. The second kappa shape index (κ2) is 12.6. The summed E-state index contributed by atoms with van der Waals surface area (Å²) in [6.45, 7) is 4.91. The Labute approximate surface area is 216 Å². The number of hydrogen-bond donors (Lipinski definition) is 1. The Bertz CT molecular complexity index is 1150. The van der Waals surface area contributed by atoms with E-state index in [1.54, 1.807) is 6.92 Å². The van der Waals surface area contributed by atoms with Gasteiger partial charge in [0.1, 0.15) is 18.4 Å². The summed E-state index contributed by atoms with van der Waals surface area (Å²) in [5.74, 6) is -1.42. The molecule has 0 aromatic heterocycles. The predicted molar refractivity (Wildman–Crippen MR) is 138 cm³/mol. The van der Waals surface area contributed by atoms with E-state index in [2.05, 4.69) is 5.32 Å². The molecule has 0 radical (unpaired) electrons. The van der Waals surface area contributed by atoms with Crippen molar-refractivity contribution in [3.05, 3.63) is 63.9 Å². The molecule has 192 valence electrons. The lowest BCUT2D eigenvalue weighted by molar-refractivity contribution is -0.140. The number of halogens is 3. The molecule has 2 atom stereocenters. The van der Waals surface area contributed by atoms with Crippen molar-refractivity contribution in [2.75, 3.05) is 17.1 Å². The molecule has 35 heavy (non-hydrogen) atoms. The van der Waals surface area contributed by atoms with E-state index < -0.39 is 34.3 Å². The lowest BCUT2D eigenvalue weighted by Gasteiger charge is -2.33. The smallest absolute Gasteiger partial charge is 0.244 e. The maximum atomic E-state index is 13.6. The molecular formula is C24H30Cl2FN3O4S. The van der Waals surface area contributed by atoms with Crippen LogP contribution in [-0.4, -0.2) is 50.0 Å². The van der Waals surface area contributed by atoms with E-state index in [4.69, 9.17) is 23.2 Å². The standard InChI is InChI=1S/C24H30Cl2FN3O4S/c1-5-16(3)28-24(32)20(6-2)29(14-17-10-12-18(27)13-11-17)22(31)15-30(35(4,33)34)21-9-7-8-19(25)23(21)26/h7-13,16,20H,5-6,14-15H2,1-4H3,(H,28,32)/t16-,20+/m1/s1. The number of carbonyl (C=O) groups is 2. The molecular weight excluding hydrogens is 516 g/mol. The normalized spacial score (nSPS) is 13.1. The van der Waals surface area contributed by atoms with Crippen LogP contribution >= 0.6 is 23.2 Å². The van der Waals surface area contributed by atoms with Crippen molar-refractivity contribution in [3.8, 4) is 0 Å². The van der Waals surface area contributed by atoms with E-state index in [0.29, 0.717) is 12.0 Å². The highest BCUT2D eigenvalue weighted by Crippen LogP contribution is 2.33. The highest BCUT2D eigenvalue weighted by molar-refractivity contribution is 7.92. The number of anilines is 1. The van der Waals surface area contributed by atoms with Crippen LogP contribution in [0.1, 0.15) is 39.2 Å². The number of nitrogens with zero attached hydrogens (tertiary/aromatic N) is 2. The van der Waals surface area contributed by atoms with Gasteiger partial charge < -0.3 is 10.2 Å². The number of nitrogens with one attached hydrogen (secondary N) is 1. The topological polar surface area (TPSA) is 86.8 Å². The maximum Gasteiger partial charge on any atom is 0.244 e. The molecule has 0 aliphatic carbocycles. The van der Waals surface area contributed by atoms with E-state index >= 15 is 0 Å². The third-order valence-corrected chi connectivity index (χ3v) is 7.47. The van der Waals surface area contributed by atoms with E-state index in [0.717, 1.165) is 10.6 Å². The van der Waals surface area contributed by atoms with Crippen LogP contribution in [0.5, 0.6) is 0 Å². The Hall–Kier alpha value is -2.36. The zero-order valence-corrected chi connectivity index (χ0v) is 22.4. The number of benzene rings is 2. The number of sulfonamides is 1. The first-order valence-electron chi connectivity index (χ1n) is 11.1. The molecule has 0 heterocycles. The van der Waals surface area contributed by atoms with Crippen LogP contribution in [0.2, 0.25) is 10.0 Å². The van der Waals surface area contributed by atoms with Gasteiger partial charge in [-0.2, -0.15) is 0 Å². The van der Waals surface area contributed by atoms with Gasteiger partial charge in [-0.1, -0.05) is 55.2 Å². The Kier molecular flexibility index (Phi) is 10.4. The number of rotatable bonds is 11. The Balaban J connectivity index is 2.47. The fourth-order valence-corrected chi connectivity index (χ4v) is 4.73. The van der Waals surface area contributed by atoms with Gasteiger partial charge in [-0.05, 0) is 49.6 Å². The van der Waals surface area contributed by atoms with E-state index in [-0.39, 0.29) is 40.6 Å². The molecule has 2 amide bonds. The molecule has 2 aromatic rings. The van der Waals surface area contributed by atoms with Crippen LogP contribution in [-0.2, 0) is 26.2 Å². The minimum atomic E-state index is -3.95. The van der Waals surface area contributed by atoms with Gasteiger partial charge in [0.2, 0.25) is 21.8 Å². The van der Waals surface area contributed by atoms with Crippen molar-refractivity contribution >= 4 is 50.7 Å². The summed E-state index contributed by atoms with van der Waals surface area (Å²) in [5.41, 5.74) is 0.634. The molecule has 1 N–H and O–H groups in total. The molecule has 0 aliphatic heterocycles. The average Bonchev–Trinajstić information content (AvgIpc) is 2.79. The lowest BCUT2D eigenvalue weighted by atomic mass is 10.1. The van der Waals surface area contributed by atoms with Gasteiger partial charge in [-0.25, -0.2) is 12.8 Å². The Morgan fingerprint density at radius 3 is 2.23 bits per heavy atom. The van der Waals surface area contributed by atoms with Gasteiger partial charge in [-0.15, -0.1) is 0 Å². The highest BCUT2D eigenvalue weighted by atomic mass is 35.5. The molecule has 11 heteroatoms. The van der Waals surface area contributed by atoms with Crippen LogP contribution in [0, 0.1) is 5.82 Å². The van der Waals surface area contributed by atoms with Crippen molar-refractivity contribution < 1.29 is 22.4 Å². The second-order valence-corrected chi connectivity index (χ2v) is 10.9. The van der Waals surface area contributed by atoms with Gasteiger partial charge >= 0.3 is 0 Å². The lowest BCUT2D eigenvalue weighted by Crippen LogP contribution is -2.53. The SMILES string of the molecule is CC[C@@H](C)NC(=O)[C@H](CC)N(Cc1ccc(F)cc1)C(=O)CN(c1cccc(Cl)c1Cl)S(C)(=O)=O. The fraction of sp³-hybridized carbons (Fsp3) is 0.417. The summed E-state index contributed by atoms with van der Waals surface area (Å²) in [5, 5.41) is 3.00. The summed E-state index contributed by atoms with van der Waals surface area (Å²) < 4.78 is 39.6.